The lowest BCUT2D eigenvalue weighted by molar-refractivity contribution is -0.120. The predicted molar refractivity (Wildman–Crippen MR) is 50.9 cm³/mol. The number of thiol groups is 1. The lowest BCUT2D eigenvalue weighted by Gasteiger charge is -2.12. The minimum Gasteiger partial charge on any atom is -0.352 e. The zero-order chi connectivity index (χ0) is 8.85. The van der Waals surface area contributed by atoms with Crippen LogP contribution in [0.3, 0.4) is 0 Å². The second kappa shape index (κ2) is 5.24. The summed E-state index contributed by atoms with van der Waals surface area (Å²) in [5, 5.41) is 2.56. The summed E-state index contributed by atoms with van der Waals surface area (Å²) in [4.78, 5) is 11.0. The first-order valence-electron chi connectivity index (χ1n) is 3.67. The Bertz CT molecular complexity index is 145. The molecular weight excluding hydrogens is 158 g/mol. The quantitative estimate of drug-likeness (QED) is 0.488. The maximum atomic E-state index is 11.0. The Morgan fingerprint density at radius 3 is 2.64 bits per heavy atom. The first-order chi connectivity index (χ1) is 5.07. The monoisotopic (exact) mass is 173 g/mol. The predicted octanol–water partition coefficient (Wildman–Crippen LogP) is 1.39. The fourth-order valence-electron chi connectivity index (χ4n) is 0.672. The maximum Gasteiger partial charge on any atom is 0.232 e. The van der Waals surface area contributed by atoms with E-state index in [9.17, 15) is 4.79 Å². The molecule has 0 fully saturated rings. The molecule has 1 amide bonds. The minimum atomic E-state index is -0.234. The molecule has 11 heavy (non-hydrogen) atoms. The topological polar surface area (TPSA) is 29.1 Å². The van der Waals surface area contributed by atoms with Gasteiger partial charge in [-0.05, 0) is 20.3 Å². The van der Waals surface area contributed by atoms with Gasteiger partial charge in [0.2, 0.25) is 5.91 Å². The van der Waals surface area contributed by atoms with E-state index in [1.807, 2.05) is 6.92 Å². The Hall–Kier alpha value is -0.440. The average molecular weight is 173 g/mol. The average Bonchev–Trinajstić information content (AvgIpc) is 1.87. The van der Waals surface area contributed by atoms with Crippen molar-refractivity contribution in [2.24, 2.45) is 0 Å². The molecule has 64 valence electrons. The molecule has 0 saturated carbocycles. The Morgan fingerprint density at radius 1 is 1.73 bits per heavy atom. The molecular formula is C8H15NOS. The molecule has 0 saturated heterocycles. The van der Waals surface area contributed by atoms with Crippen LogP contribution >= 0.6 is 12.6 Å². The van der Waals surface area contributed by atoms with E-state index in [4.69, 9.17) is 0 Å². The highest BCUT2D eigenvalue weighted by Gasteiger charge is 2.09. The van der Waals surface area contributed by atoms with Crippen LogP contribution in [0.1, 0.15) is 20.3 Å². The summed E-state index contributed by atoms with van der Waals surface area (Å²) in [7, 11) is 0. The van der Waals surface area contributed by atoms with Gasteiger partial charge in [-0.25, -0.2) is 0 Å². The van der Waals surface area contributed by atoms with Crippen molar-refractivity contribution >= 4 is 18.5 Å². The van der Waals surface area contributed by atoms with Gasteiger partial charge in [-0.3, -0.25) is 4.79 Å². The van der Waals surface area contributed by atoms with E-state index in [-0.39, 0.29) is 17.2 Å². The van der Waals surface area contributed by atoms with Crippen molar-refractivity contribution in [3.05, 3.63) is 12.7 Å². The standard InChI is InChI=1S/C8H15NOS/c1-4-5-6(2)9-8(10)7(3)11/h4,6-7,11H,1,5H2,2-3H3,(H,9,10). The molecule has 0 rings (SSSR count). The molecule has 2 atom stereocenters. The number of nitrogens with one attached hydrogen (secondary N) is 1. The molecule has 0 bridgehead atoms. The van der Waals surface area contributed by atoms with Crippen LogP contribution in [0, 0.1) is 0 Å². The summed E-state index contributed by atoms with van der Waals surface area (Å²) >= 11 is 4.00. The van der Waals surface area contributed by atoms with E-state index in [1.165, 1.54) is 0 Å². The van der Waals surface area contributed by atoms with Gasteiger partial charge in [0.25, 0.3) is 0 Å². The highest BCUT2D eigenvalue weighted by molar-refractivity contribution is 7.81. The first kappa shape index (κ1) is 10.6. The number of carbonyl (C=O) groups excluding carboxylic acids is 1. The van der Waals surface area contributed by atoms with E-state index >= 15 is 0 Å². The van der Waals surface area contributed by atoms with Crippen LogP contribution in [-0.2, 0) is 4.79 Å². The third-order valence-electron chi connectivity index (χ3n) is 1.29. The van der Waals surface area contributed by atoms with Crippen molar-refractivity contribution in [1.29, 1.82) is 0 Å². The van der Waals surface area contributed by atoms with Gasteiger partial charge < -0.3 is 5.32 Å². The van der Waals surface area contributed by atoms with E-state index in [0.717, 1.165) is 6.42 Å². The van der Waals surface area contributed by atoms with Crippen LogP contribution in [0.2, 0.25) is 0 Å². The van der Waals surface area contributed by atoms with E-state index in [0.29, 0.717) is 0 Å². The molecule has 0 aromatic rings. The van der Waals surface area contributed by atoms with Crippen LogP contribution in [0.15, 0.2) is 12.7 Å². The summed E-state index contributed by atoms with van der Waals surface area (Å²) < 4.78 is 0. The summed E-state index contributed by atoms with van der Waals surface area (Å²) in [6.45, 7) is 7.27. The molecule has 3 heteroatoms. The highest BCUT2D eigenvalue weighted by atomic mass is 32.1. The molecule has 2 unspecified atom stereocenters. The van der Waals surface area contributed by atoms with Crippen molar-refractivity contribution in [1.82, 2.24) is 5.32 Å². The summed E-state index contributed by atoms with van der Waals surface area (Å²) in [5.74, 6) is -0.0253. The van der Waals surface area contributed by atoms with Gasteiger partial charge in [0, 0.05) is 6.04 Å². The van der Waals surface area contributed by atoms with Gasteiger partial charge in [-0.2, -0.15) is 12.6 Å². The first-order valence-corrected chi connectivity index (χ1v) is 4.19. The van der Waals surface area contributed by atoms with Gasteiger partial charge in [0.1, 0.15) is 0 Å². The maximum absolute atomic E-state index is 11.0. The lowest BCUT2D eigenvalue weighted by atomic mass is 10.2. The van der Waals surface area contributed by atoms with Gasteiger partial charge in [-0.1, -0.05) is 6.08 Å². The number of amides is 1. The number of carbonyl (C=O) groups is 1. The van der Waals surface area contributed by atoms with Crippen LogP contribution < -0.4 is 5.32 Å². The van der Waals surface area contributed by atoms with E-state index < -0.39 is 0 Å². The number of hydrogen-bond acceptors (Lipinski definition) is 2. The smallest absolute Gasteiger partial charge is 0.232 e. The summed E-state index contributed by atoms with van der Waals surface area (Å²) in [5.41, 5.74) is 0. The van der Waals surface area contributed by atoms with E-state index in [1.54, 1.807) is 13.0 Å². The Morgan fingerprint density at radius 2 is 2.27 bits per heavy atom. The van der Waals surface area contributed by atoms with Crippen molar-refractivity contribution in [2.75, 3.05) is 0 Å². The van der Waals surface area contributed by atoms with Gasteiger partial charge in [0.15, 0.2) is 0 Å². The second-order valence-electron chi connectivity index (χ2n) is 2.61. The number of hydrogen-bond donors (Lipinski definition) is 2. The number of rotatable bonds is 4. The van der Waals surface area contributed by atoms with Gasteiger partial charge >= 0.3 is 0 Å². The molecule has 0 aliphatic carbocycles. The Balaban J connectivity index is 3.65. The molecule has 2 nitrogen and oxygen atoms in total. The van der Waals surface area contributed by atoms with Crippen LogP contribution in [-0.4, -0.2) is 17.2 Å². The fraction of sp³-hybridized carbons (Fsp3) is 0.625. The Labute approximate surface area is 73.5 Å². The van der Waals surface area contributed by atoms with Crippen LogP contribution in [0.4, 0.5) is 0 Å². The highest BCUT2D eigenvalue weighted by Crippen LogP contribution is 1.95. The molecule has 0 spiro atoms. The van der Waals surface area contributed by atoms with Crippen molar-refractivity contribution in [2.45, 2.75) is 31.6 Å². The molecule has 0 radical (unpaired) electrons. The molecule has 0 aromatic carbocycles. The van der Waals surface area contributed by atoms with Crippen molar-refractivity contribution in [3.8, 4) is 0 Å². The normalized spacial score (nSPS) is 15.2. The third-order valence-corrected chi connectivity index (χ3v) is 1.52. The molecule has 1 N–H and O–H groups in total. The van der Waals surface area contributed by atoms with Gasteiger partial charge in [-0.15, -0.1) is 6.58 Å². The molecule has 0 aliphatic rings. The van der Waals surface area contributed by atoms with Gasteiger partial charge in [0.05, 0.1) is 5.25 Å². The summed E-state index contributed by atoms with van der Waals surface area (Å²) in [6.07, 6.45) is 2.58. The van der Waals surface area contributed by atoms with E-state index in [2.05, 4.69) is 24.5 Å². The largest absolute Gasteiger partial charge is 0.352 e. The van der Waals surface area contributed by atoms with Crippen LogP contribution in [0.5, 0.6) is 0 Å². The van der Waals surface area contributed by atoms with Crippen LogP contribution in [0.25, 0.3) is 0 Å². The second-order valence-corrected chi connectivity index (χ2v) is 3.38. The van der Waals surface area contributed by atoms with Crippen molar-refractivity contribution < 1.29 is 4.79 Å². The molecule has 0 aromatic heterocycles. The minimum absolute atomic E-state index is 0.0253. The SMILES string of the molecule is C=CCC(C)NC(=O)C(C)S. The molecule has 0 aliphatic heterocycles. The zero-order valence-electron chi connectivity index (χ0n) is 7.00. The Kier molecular flexibility index (Phi) is 5.03. The fourth-order valence-corrected chi connectivity index (χ4v) is 0.747. The molecule has 0 heterocycles. The lowest BCUT2D eigenvalue weighted by Crippen LogP contribution is -2.36. The zero-order valence-corrected chi connectivity index (χ0v) is 7.90. The van der Waals surface area contributed by atoms with Crippen molar-refractivity contribution in [3.63, 3.8) is 0 Å². The summed E-state index contributed by atoms with van der Waals surface area (Å²) in [6, 6.07) is 0.162. The third kappa shape index (κ3) is 4.90.